The smallest absolute Gasteiger partial charge is 0.264 e. The predicted molar refractivity (Wildman–Crippen MR) is 148 cm³/mol. The number of carbonyl (C=O) groups is 1. The van der Waals surface area contributed by atoms with Gasteiger partial charge in [0, 0.05) is 6.54 Å². The standard InChI is InChI=1S/C30H35N3O3S/c1-20(2)27-15-25(24-9-7-8-23(14-24)18-31)16-28(21(3)4)29(27)17-30(34)32-37(35,36)26-12-10-22(11-13-26)19-33(5)6/h7-16,20-21H,17,19H2,1-6H3,(H,32,34). The van der Waals surface area contributed by atoms with Crippen LogP contribution in [0.1, 0.15) is 67.3 Å². The maximum absolute atomic E-state index is 13.1. The van der Waals surface area contributed by atoms with E-state index >= 15 is 0 Å². The average Bonchev–Trinajstić information content (AvgIpc) is 2.83. The van der Waals surface area contributed by atoms with Gasteiger partial charge in [0.2, 0.25) is 5.91 Å². The van der Waals surface area contributed by atoms with Crippen LogP contribution in [0.4, 0.5) is 0 Å². The summed E-state index contributed by atoms with van der Waals surface area (Å²) < 4.78 is 28.1. The van der Waals surface area contributed by atoms with E-state index in [2.05, 4.69) is 38.5 Å². The van der Waals surface area contributed by atoms with E-state index < -0.39 is 15.9 Å². The van der Waals surface area contributed by atoms with Crippen LogP contribution in [0.25, 0.3) is 11.1 Å². The van der Waals surface area contributed by atoms with Crippen LogP contribution in [0.15, 0.2) is 65.6 Å². The van der Waals surface area contributed by atoms with Crippen molar-refractivity contribution in [3.63, 3.8) is 0 Å². The lowest BCUT2D eigenvalue weighted by molar-refractivity contribution is -0.118. The molecular formula is C30H35N3O3S. The van der Waals surface area contributed by atoms with E-state index in [0.717, 1.165) is 33.4 Å². The second-order valence-corrected chi connectivity index (χ2v) is 11.9. The fraction of sp³-hybridized carbons (Fsp3) is 0.333. The van der Waals surface area contributed by atoms with E-state index in [0.29, 0.717) is 12.1 Å². The number of hydrogen-bond acceptors (Lipinski definition) is 5. The van der Waals surface area contributed by atoms with Gasteiger partial charge in [-0.05, 0) is 83.6 Å². The van der Waals surface area contributed by atoms with E-state index in [1.54, 1.807) is 18.2 Å². The monoisotopic (exact) mass is 517 g/mol. The zero-order valence-corrected chi connectivity index (χ0v) is 23.2. The number of carbonyl (C=O) groups excluding carboxylic acids is 1. The largest absolute Gasteiger partial charge is 0.305 e. The summed E-state index contributed by atoms with van der Waals surface area (Å²) in [7, 11) is -0.109. The lowest BCUT2D eigenvalue weighted by Gasteiger charge is -2.22. The molecule has 0 unspecified atom stereocenters. The molecule has 3 aromatic rings. The lowest BCUT2D eigenvalue weighted by atomic mass is 9.84. The number of nitrogens with zero attached hydrogens (tertiary/aromatic N) is 2. The Morgan fingerprint density at radius 1 is 0.919 bits per heavy atom. The molecule has 0 radical (unpaired) electrons. The van der Waals surface area contributed by atoms with Gasteiger partial charge in [-0.2, -0.15) is 5.26 Å². The molecule has 1 amide bonds. The highest BCUT2D eigenvalue weighted by atomic mass is 32.2. The molecule has 1 N–H and O–H groups in total. The van der Waals surface area contributed by atoms with Crippen LogP contribution in [0, 0.1) is 11.3 Å². The SMILES string of the molecule is CC(C)c1cc(-c2cccc(C#N)c2)cc(C(C)C)c1CC(=O)NS(=O)(=O)c1ccc(CN(C)C)cc1. The minimum Gasteiger partial charge on any atom is -0.305 e. The van der Waals surface area contributed by atoms with Gasteiger partial charge in [0.1, 0.15) is 0 Å². The molecule has 0 aliphatic carbocycles. The summed E-state index contributed by atoms with van der Waals surface area (Å²) in [4.78, 5) is 15.1. The number of nitrogens with one attached hydrogen (secondary N) is 1. The number of rotatable bonds is 9. The van der Waals surface area contributed by atoms with Crippen LogP contribution in [0.2, 0.25) is 0 Å². The molecule has 0 saturated heterocycles. The summed E-state index contributed by atoms with van der Waals surface area (Å²) in [6.45, 7) is 8.93. The van der Waals surface area contributed by atoms with Crippen LogP contribution in [0.5, 0.6) is 0 Å². The Labute approximate surface area is 221 Å². The van der Waals surface area contributed by atoms with Crippen LogP contribution in [-0.2, 0) is 27.8 Å². The highest BCUT2D eigenvalue weighted by molar-refractivity contribution is 7.90. The van der Waals surface area contributed by atoms with Crippen molar-refractivity contribution in [2.75, 3.05) is 14.1 Å². The molecule has 194 valence electrons. The Balaban J connectivity index is 1.93. The van der Waals surface area contributed by atoms with Gasteiger partial charge >= 0.3 is 0 Å². The van der Waals surface area contributed by atoms with E-state index in [4.69, 9.17) is 0 Å². The number of hydrogen-bond donors (Lipinski definition) is 1. The molecule has 0 bridgehead atoms. The zero-order valence-electron chi connectivity index (χ0n) is 22.4. The van der Waals surface area contributed by atoms with Gasteiger partial charge in [0.15, 0.2) is 0 Å². The normalized spacial score (nSPS) is 11.7. The van der Waals surface area contributed by atoms with Gasteiger partial charge in [0.05, 0.1) is 22.9 Å². The molecule has 0 atom stereocenters. The first-order valence-electron chi connectivity index (χ1n) is 12.4. The molecule has 0 heterocycles. The highest BCUT2D eigenvalue weighted by Gasteiger charge is 2.23. The Morgan fingerprint density at radius 3 is 2.03 bits per heavy atom. The Bertz CT molecular complexity index is 1390. The van der Waals surface area contributed by atoms with Crippen molar-refractivity contribution in [2.45, 2.75) is 57.4 Å². The van der Waals surface area contributed by atoms with Crippen molar-refractivity contribution in [3.8, 4) is 17.2 Å². The molecule has 7 heteroatoms. The molecule has 3 rings (SSSR count). The van der Waals surface area contributed by atoms with Gasteiger partial charge in [-0.1, -0.05) is 64.1 Å². The summed E-state index contributed by atoms with van der Waals surface area (Å²) in [6, 6.07) is 20.3. The first-order valence-corrected chi connectivity index (χ1v) is 13.9. The minimum absolute atomic E-state index is 0.0442. The molecule has 0 aliphatic heterocycles. The fourth-order valence-corrected chi connectivity index (χ4v) is 5.42. The predicted octanol–water partition coefficient (Wildman–Crippen LogP) is 5.58. The highest BCUT2D eigenvalue weighted by Crippen LogP contribution is 2.34. The maximum Gasteiger partial charge on any atom is 0.264 e. The van der Waals surface area contributed by atoms with Gasteiger partial charge < -0.3 is 4.90 Å². The summed E-state index contributed by atoms with van der Waals surface area (Å²) in [5.41, 5.74) is 6.29. The van der Waals surface area contributed by atoms with E-state index in [1.165, 1.54) is 12.1 Å². The van der Waals surface area contributed by atoms with Crippen molar-refractivity contribution in [3.05, 3.63) is 88.5 Å². The van der Waals surface area contributed by atoms with Gasteiger partial charge in [-0.3, -0.25) is 4.79 Å². The van der Waals surface area contributed by atoms with Crippen LogP contribution < -0.4 is 4.72 Å². The number of amides is 1. The zero-order chi connectivity index (χ0) is 27.3. The van der Waals surface area contributed by atoms with Crippen LogP contribution >= 0.6 is 0 Å². The Kier molecular flexibility index (Phi) is 8.90. The average molecular weight is 518 g/mol. The van der Waals surface area contributed by atoms with E-state index in [1.807, 2.05) is 49.3 Å². The number of benzene rings is 3. The topological polar surface area (TPSA) is 90.3 Å². The lowest BCUT2D eigenvalue weighted by Crippen LogP contribution is -2.32. The molecule has 0 saturated carbocycles. The molecule has 0 aliphatic rings. The molecule has 6 nitrogen and oxygen atoms in total. The minimum atomic E-state index is -3.99. The molecule has 0 spiro atoms. The van der Waals surface area contributed by atoms with Crippen molar-refractivity contribution in [1.29, 1.82) is 5.26 Å². The van der Waals surface area contributed by atoms with Crippen molar-refractivity contribution in [2.24, 2.45) is 0 Å². The fourth-order valence-electron chi connectivity index (χ4n) is 4.43. The van der Waals surface area contributed by atoms with Crippen LogP contribution in [-0.4, -0.2) is 33.3 Å². The molecular weight excluding hydrogens is 482 g/mol. The third kappa shape index (κ3) is 7.06. The third-order valence-electron chi connectivity index (χ3n) is 6.21. The second kappa shape index (κ2) is 11.7. The quantitative estimate of drug-likeness (QED) is 0.400. The van der Waals surface area contributed by atoms with E-state index in [9.17, 15) is 18.5 Å². The molecule has 3 aromatic carbocycles. The second-order valence-electron chi connectivity index (χ2n) is 10.2. The van der Waals surface area contributed by atoms with Gasteiger partial charge in [0.25, 0.3) is 10.0 Å². The first kappa shape index (κ1) is 28.1. The summed E-state index contributed by atoms with van der Waals surface area (Å²) >= 11 is 0. The first-order chi connectivity index (χ1) is 17.4. The number of sulfonamides is 1. The summed E-state index contributed by atoms with van der Waals surface area (Å²) in [6.07, 6.45) is -0.0442. The van der Waals surface area contributed by atoms with Gasteiger partial charge in [-0.15, -0.1) is 0 Å². The third-order valence-corrected chi connectivity index (χ3v) is 7.60. The molecule has 0 aromatic heterocycles. The van der Waals surface area contributed by atoms with E-state index in [-0.39, 0.29) is 23.2 Å². The van der Waals surface area contributed by atoms with Gasteiger partial charge in [-0.25, -0.2) is 13.1 Å². The van der Waals surface area contributed by atoms with Crippen molar-refractivity contribution < 1.29 is 13.2 Å². The Hall–Kier alpha value is -3.47. The molecule has 0 fully saturated rings. The summed E-state index contributed by atoms with van der Waals surface area (Å²) in [5.74, 6) is -0.346. The number of nitriles is 1. The van der Waals surface area contributed by atoms with Crippen molar-refractivity contribution >= 4 is 15.9 Å². The molecule has 37 heavy (non-hydrogen) atoms. The Morgan fingerprint density at radius 2 is 1.51 bits per heavy atom. The van der Waals surface area contributed by atoms with Crippen LogP contribution in [0.3, 0.4) is 0 Å². The maximum atomic E-state index is 13.1. The van der Waals surface area contributed by atoms with Crippen molar-refractivity contribution in [1.82, 2.24) is 9.62 Å². The summed E-state index contributed by atoms with van der Waals surface area (Å²) in [5, 5.41) is 9.32.